The number of carbonyl (C=O) groups is 1. The second-order valence-corrected chi connectivity index (χ2v) is 5.84. The Bertz CT molecular complexity index is 889. The second kappa shape index (κ2) is 6.07. The van der Waals surface area contributed by atoms with Gasteiger partial charge in [0.2, 0.25) is 0 Å². The van der Waals surface area contributed by atoms with Crippen LogP contribution in [0.4, 0.5) is 0 Å². The number of aromatic carboxylic acids is 1. The van der Waals surface area contributed by atoms with Crippen molar-refractivity contribution in [3.8, 4) is 16.9 Å². The van der Waals surface area contributed by atoms with Gasteiger partial charge in [-0.3, -0.25) is 0 Å². The summed E-state index contributed by atoms with van der Waals surface area (Å²) in [5.74, 6) is -1.08. The third kappa shape index (κ3) is 2.83. The molecule has 0 aliphatic heterocycles. The summed E-state index contributed by atoms with van der Waals surface area (Å²) in [7, 11) is 0. The summed E-state index contributed by atoms with van der Waals surface area (Å²) >= 11 is 12.2. The molecule has 1 aromatic heterocycles. The number of nitrogens with zero attached hydrogens (tertiary/aromatic N) is 2. The van der Waals surface area contributed by atoms with E-state index in [4.69, 9.17) is 23.2 Å². The van der Waals surface area contributed by atoms with Crippen molar-refractivity contribution in [3.63, 3.8) is 0 Å². The van der Waals surface area contributed by atoms with E-state index in [1.165, 1.54) is 0 Å². The molecule has 116 valence electrons. The zero-order chi connectivity index (χ0) is 16.6. The van der Waals surface area contributed by atoms with Crippen molar-refractivity contribution in [2.24, 2.45) is 0 Å². The minimum absolute atomic E-state index is 0.00475. The van der Waals surface area contributed by atoms with E-state index < -0.39 is 5.97 Å². The molecule has 3 aromatic rings. The Morgan fingerprint density at radius 3 is 2.43 bits per heavy atom. The Kier molecular flexibility index (Phi) is 4.11. The fourth-order valence-electron chi connectivity index (χ4n) is 2.46. The summed E-state index contributed by atoms with van der Waals surface area (Å²) < 4.78 is 1.55. The minimum Gasteiger partial charge on any atom is -0.476 e. The van der Waals surface area contributed by atoms with Crippen molar-refractivity contribution in [3.05, 3.63) is 69.8 Å². The quantitative estimate of drug-likeness (QED) is 0.737. The molecule has 0 saturated heterocycles. The van der Waals surface area contributed by atoms with Crippen LogP contribution >= 0.6 is 23.2 Å². The van der Waals surface area contributed by atoms with E-state index in [2.05, 4.69) is 5.10 Å². The van der Waals surface area contributed by atoms with Gasteiger partial charge in [0.15, 0.2) is 5.69 Å². The lowest BCUT2D eigenvalue weighted by Gasteiger charge is -2.10. The maximum absolute atomic E-state index is 11.5. The van der Waals surface area contributed by atoms with E-state index in [9.17, 15) is 9.90 Å². The largest absolute Gasteiger partial charge is 0.476 e. The molecule has 1 N–H and O–H groups in total. The molecule has 0 atom stereocenters. The number of rotatable bonds is 3. The summed E-state index contributed by atoms with van der Waals surface area (Å²) in [6.45, 7) is 1.74. The molecule has 3 rings (SSSR count). The molecular formula is C17H12Cl2N2O2. The number of benzene rings is 2. The highest BCUT2D eigenvalue weighted by Gasteiger charge is 2.22. The average Bonchev–Trinajstić information content (AvgIpc) is 2.85. The average molecular weight is 347 g/mol. The van der Waals surface area contributed by atoms with Crippen LogP contribution in [0.25, 0.3) is 16.9 Å². The minimum atomic E-state index is -1.08. The SMILES string of the molecule is Cc1c(C(=O)O)nn(-c2ccc(Cl)cc2Cl)c1-c1ccccc1. The summed E-state index contributed by atoms with van der Waals surface area (Å²) in [6.07, 6.45) is 0. The molecule has 0 radical (unpaired) electrons. The van der Waals surface area contributed by atoms with Gasteiger partial charge in [0, 0.05) is 16.1 Å². The van der Waals surface area contributed by atoms with Crippen molar-refractivity contribution in [1.29, 1.82) is 0 Å². The molecule has 0 amide bonds. The van der Waals surface area contributed by atoms with E-state index in [0.717, 1.165) is 5.56 Å². The zero-order valence-corrected chi connectivity index (χ0v) is 13.6. The van der Waals surface area contributed by atoms with Gasteiger partial charge in [-0.25, -0.2) is 9.48 Å². The van der Waals surface area contributed by atoms with Crippen LogP contribution in [0.15, 0.2) is 48.5 Å². The lowest BCUT2D eigenvalue weighted by molar-refractivity contribution is 0.0689. The van der Waals surface area contributed by atoms with Crippen LogP contribution < -0.4 is 0 Å². The molecule has 4 nitrogen and oxygen atoms in total. The summed E-state index contributed by atoms with van der Waals surface area (Å²) in [5.41, 5.74) is 2.69. The van der Waals surface area contributed by atoms with Gasteiger partial charge in [-0.2, -0.15) is 5.10 Å². The van der Waals surface area contributed by atoms with Gasteiger partial charge in [-0.05, 0) is 25.1 Å². The van der Waals surface area contributed by atoms with Gasteiger partial charge >= 0.3 is 5.97 Å². The molecule has 0 unspecified atom stereocenters. The Balaban J connectivity index is 2.32. The third-order valence-corrected chi connectivity index (χ3v) is 4.05. The topological polar surface area (TPSA) is 55.1 Å². The lowest BCUT2D eigenvalue weighted by atomic mass is 10.1. The van der Waals surface area contributed by atoms with Gasteiger partial charge in [0.25, 0.3) is 0 Å². The number of aromatic nitrogens is 2. The molecule has 0 bridgehead atoms. The first-order valence-electron chi connectivity index (χ1n) is 6.83. The zero-order valence-electron chi connectivity index (χ0n) is 12.1. The Labute approximate surface area is 142 Å². The molecule has 23 heavy (non-hydrogen) atoms. The maximum atomic E-state index is 11.5. The molecule has 1 heterocycles. The summed E-state index contributed by atoms with van der Waals surface area (Å²) in [5, 5.41) is 14.5. The van der Waals surface area contributed by atoms with E-state index in [-0.39, 0.29) is 5.69 Å². The highest BCUT2D eigenvalue weighted by molar-refractivity contribution is 6.35. The van der Waals surface area contributed by atoms with E-state index >= 15 is 0 Å². The maximum Gasteiger partial charge on any atom is 0.356 e. The molecule has 0 spiro atoms. The molecule has 0 aliphatic carbocycles. The Morgan fingerprint density at radius 2 is 1.83 bits per heavy atom. The van der Waals surface area contributed by atoms with Gasteiger partial charge in [0.05, 0.1) is 16.4 Å². The smallest absolute Gasteiger partial charge is 0.356 e. The van der Waals surface area contributed by atoms with E-state index in [0.29, 0.717) is 27.0 Å². The van der Waals surface area contributed by atoms with E-state index in [1.807, 2.05) is 30.3 Å². The van der Waals surface area contributed by atoms with Crippen LogP contribution in [0.3, 0.4) is 0 Å². The normalized spacial score (nSPS) is 10.7. The first-order valence-corrected chi connectivity index (χ1v) is 7.58. The van der Waals surface area contributed by atoms with Gasteiger partial charge in [-0.15, -0.1) is 0 Å². The fraction of sp³-hybridized carbons (Fsp3) is 0.0588. The standard InChI is InChI=1S/C17H12Cl2N2O2/c1-10-15(17(22)23)20-21(14-8-7-12(18)9-13(14)19)16(10)11-5-3-2-4-6-11/h2-9H,1H3,(H,22,23). The van der Waals surface area contributed by atoms with Crippen molar-refractivity contribution >= 4 is 29.2 Å². The van der Waals surface area contributed by atoms with Gasteiger partial charge in [-0.1, -0.05) is 53.5 Å². The number of carboxylic acid groups (broad SMARTS) is 1. The molecule has 2 aromatic carbocycles. The van der Waals surface area contributed by atoms with Crippen LogP contribution in [0.2, 0.25) is 10.0 Å². The molecule has 0 aliphatic rings. The lowest BCUT2D eigenvalue weighted by Crippen LogP contribution is -2.03. The van der Waals surface area contributed by atoms with Crippen molar-refractivity contribution in [1.82, 2.24) is 9.78 Å². The predicted octanol–water partition coefficient (Wildman–Crippen LogP) is 4.85. The molecule has 6 heteroatoms. The second-order valence-electron chi connectivity index (χ2n) is 5.00. The number of hydrogen-bond acceptors (Lipinski definition) is 2. The Morgan fingerprint density at radius 1 is 1.13 bits per heavy atom. The highest BCUT2D eigenvalue weighted by Crippen LogP contribution is 2.32. The predicted molar refractivity (Wildman–Crippen MR) is 90.7 cm³/mol. The van der Waals surface area contributed by atoms with Crippen LogP contribution in [-0.4, -0.2) is 20.9 Å². The van der Waals surface area contributed by atoms with Gasteiger partial charge in [0.1, 0.15) is 0 Å². The number of halogens is 2. The number of carboxylic acids is 1. The molecule has 0 fully saturated rings. The fourth-order valence-corrected chi connectivity index (χ4v) is 2.95. The Hall–Kier alpha value is -2.30. The van der Waals surface area contributed by atoms with E-state index in [1.54, 1.807) is 29.8 Å². The van der Waals surface area contributed by atoms with Crippen LogP contribution in [-0.2, 0) is 0 Å². The molecule has 0 saturated carbocycles. The van der Waals surface area contributed by atoms with Crippen LogP contribution in [0.1, 0.15) is 16.1 Å². The first kappa shape index (κ1) is 15.6. The summed E-state index contributed by atoms with van der Waals surface area (Å²) in [6, 6.07) is 14.5. The van der Waals surface area contributed by atoms with Crippen molar-refractivity contribution < 1.29 is 9.90 Å². The summed E-state index contributed by atoms with van der Waals surface area (Å²) in [4.78, 5) is 11.5. The monoisotopic (exact) mass is 346 g/mol. The first-order chi connectivity index (χ1) is 11.0. The van der Waals surface area contributed by atoms with Crippen LogP contribution in [0, 0.1) is 6.92 Å². The highest BCUT2D eigenvalue weighted by atomic mass is 35.5. The number of hydrogen-bond donors (Lipinski definition) is 1. The third-order valence-electron chi connectivity index (χ3n) is 3.51. The molecular weight excluding hydrogens is 335 g/mol. The van der Waals surface area contributed by atoms with Crippen LogP contribution in [0.5, 0.6) is 0 Å². The van der Waals surface area contributed by atoms with Crippen molar-refractivity contribution in [2.75, 3.05) is 0 Å². The van der Waals surface area contributed by atoms with Crippen molar-refractivity contribution in [2.45, 2.75) is 6.92 Å². The van der Waals surface area contributed by atoms with Gasteiger partial charge < -0.3 is 5.11 Å².